The molecule has 0 aliphatic carbocycles. The zero-order valence-corrected chi connectivity index (χ0v) is 24.6. The molecule has 11 nitrogen and oxygen atoms in total. The molecule has 3 aromatic rings. The maximum absolute atomic E-state index is 13.1. The lowest BCUT2D eigenvalue weighted by atomic mass is 9.86. The van der Waals surface area contributed by atoms with Crippen LogP contribution in [-0.2, 0) is 9.53 Å². The lowest BCUT2D eigenvalue weighted by molar-refractivity contribution is -0.311. The van der Waals surface area contributed by atoms with Crippen LogP contribution in [0.5, 0.6) is 11.5 Å². The summed E-state index contributed by atoms with van der Waals surface area (Å²) in [5.74, 6) is -0.318. The van der Waals surface area contributed by atoms with Gasteiger partial charge < -0.3 is 44.7 Å². The number of carbonyl (C=O) groups is 1. The number of phenols is 1. The van der Waals surface area contributed by atoms with Crippen molar-refractivity contribution in [3.05, 3.63) is 59.0 Å². The summed E-state index contributed by atoms with van der Waals surface area (Å²) >= 11 is 0. The van der Waals surface area contributed by atoms with Crippen molar-refractivity contribution >= 4 is 16.9 Å². The number of nitrogens with one attached hydrogen (secondary N) is 1. The molecule has 4 rings (SSSR count). The van der Waals surface area contributed by atoms with E-state index in [-0.39, 0.29) is 40.0 Å². The monoisotopic (exact) mass is 599 g/mol. The minimum absolute atomic E-state index is 0.0604. The van der Waals surface area contributed by atoms with Crippen LogP contribution in [-0.4, -0.2) is 74.8 Å². The zero-order chi connectivity index (χ0) is 31.3. The van der Waals surface area contributed by atoms with Crippen molar-refractivity contribution in [1.82, 2.24) is 5.32 Å². The van der Waals surface area contributed by atoms with E-state index in [0.717, 1.165) is 25.7 Å². The molecule has 1 aliphatic heterocycles. The van der Waals surface area contributed by atoms with E-state index in [9.17, 15) is 35.1 Å². The summed E-state index contributed by atoms with van der Waals surface area (Å²) in [5.41, 5.74) is -1.54. The van der Waals surface area contributed by atoms with Crippen molar-refractivity contribution in [1.29, 1.82) is 0 Å². The second kappa shape index (κ2) is 13.9. The number of phenolic OH excluding ortho intramolecular Hbond substituents is 1. The highest BCUT2D eigenvalue weighted by Gasteiger charge is 2.58. The number of hydrogen-bond donors (Lipinski definition) is 6. The topological polar surface area (TPSA) is 179 Å². The van der Waals surface area contributed by atoms with Gasteiger partial charge in [0.25, 0.3) is 0 Å². The maximum atomic E-state index is 13.1. The number of aliphatic carboxylic acids is 1. The van der Waals surface area contributed by atoms with Crippen LogP contribution in [0.4, 0.5) is 0 Å². The predicted molar refractivity (Wildman–Crippen MR) is 159 cm³/mol. The average Bonchev–Trinajstić information content (AvgIpc) is 2.96. The first kappa shape index (κ1) is 32.4. The van der Waals surface area contributed by atoms with E-state index in [1.165, 1.54) is 36.6 Å². The molecule has 2 heterocycles. The van der Waals surface area contributed by atoms with Crippen LogP contribution < -0.4 is 15.5 Å². The predicted octanol–water partition coefficient (Wildman–Crippen LogP) is 3.25. The van der Waals surface area contributed by atoms with Gasteiger partial charge in [-0.3, -0.25) is 4.79 Å². The molecule has 1 saturated heterocycles. The molecular weight excluding hydrogens is 558 g/mol. The number of benzene rings is 2. The fraction of sp³-hybridized carbons (Fsp3) is 0.500. The van der Waals surface area contributed by atoms with Gasteiger partial charge in [-0.1, -0.05) is 52.2 Å². The van der Waals surface area contributed by atoms with Crippen molar-refractivity contribution in [3.8, 4) is 22.6 Å². The standard InChI is InChI=1S/C32H41NO10/c1-18(2)5-4-6-19(3)13-14-33-17-32(40)29(37)27(36)28(30(38)39)43-31(32)42-22-11-12-23-25(15-22)41-16-24(26(23)35)20-7-9-21(34)10-8-20/h7-12,15-16,18-19,27-29,31,33-34,36-37,40H,4-6,13-14,17H2,1-3H3,(H,38,39). The molecule has 6 unspecified atom stereocenters. The van der Waals surface area contributed by atoms with Crippen LogP contribution in [0.2, 0.25) is 0 Å². The number of aliphatic hydroxyl groups excluding tert-OH is 2. The Morgan fingerprint density at radius 1 is 1.07 bits per heavy atom. The molecule has 43 heavy (non-hydrogen) atoms. The van der Waals surface area contributed by atoms with Gasteiger partial charge >= 0.3 is 5.97 Å². The number of aliphatic hydroxyl groups is 3. The molecule has 6 N–H and O–H groups in total. The summed E-state index contributed by atoms with van der Waals surface area (Å²) in [7, 11) is 0. The highest BCUT2D eigenvalue weighted by atomic mass is 16.7. The summed E-state index contributed by atoms with van der Waals surface area (Å²) in [4.78, 5) is 24.9. The van der Waals surface area contributed by atoms with Gasteiger partial charge in [-0.15, -0.1) is 0 Å². The lowest BCUT2D eigenvalue weighted by Gasteiger charge is -2.46. The number of ether oxygens (including phenoxy) is 2. The normalized spacial score (nSPS) is 24.7. The highest BCUT2D eigenvalue weighted by molar-refractivity contribution is 5.82. The molecule has 11 heteroatoms. The molecule has 0 bridgehead atoms. The Morgan fingerprint density at radius 3 is 2.47 bits per heavy atom. The van der Waals surface area contributed by atoms with Crippen molar-refractivity contribution in [2.45, 2.75) is 76.7 Å². The van der Waals surface area contributed by atoms with Crippen LogP contribution in [0, 0.1) is 11.8 Å². The van der Waals surface area contributed by atoms with Crippen LogP contribution in [0.3, 0.4) is 0 Å². The number of hydrogen-bond acceptors (Lipinski definition) is 10. The van der Waals surface area contributed by atoms with E-state index in [2.05, 4.69) is 26.1 Å². The maximum Gasteiger partial charge on any atom is 0.335 e. The quantitative estimate of drug-likeness (QED) is 0.159. The minimum Gasteiger partial charge on any atom is -0.508 e. The van der Waals surface area contributed by atoms with Gasteiger partial charge in [-0.05, 0) is 54.6 Å². The van der Waals surface area contributed by atoms with Crippen LogP contribution in [0.25, 0.3) is 22.1 Å². The summed E-state index contributed by atoms with van der Waals surface area (Å²) in [6, 6.07) is 10.4. The van der Waals surface area contributed by atoms with E-state index in [0.29, 0.717) is 23.9 Å². The van der Waals surface area contributed by atoms with Crippen molar-refractivity contribution in [2.75, 3.05) is 13.1 Å². The molecule has 0 radical (unpaired) electrons. The Bertz CT molecular complexity index is 1440. The first-order chi connectivity index (χ1) is 20.4. The van der Waals surface area contributed by atoms with Crippen LogP contribution >= 0.6 is 0 Å². The lowest BCUT2D eigenvalue weighted by Crippen LogP contribution is -2.71. The molecule has 1 aromatic heterocycles. The SMILES string of the molecule is CC(C)CCCC(C)CCNCC1(O)C(Oc2ccc3c(=O)c(-c4ccc(O)cc4)coc3c2)OC(C(=O)O)C(O)C1O. The highest BCUT2D eigenvalue weighted by Crippen LogP contribution is 2.33. The molecule has 0 spiro atoms. The molecule has 0 saturated carbocycles. The molecule has 6 atom stereocenters. The molecule has 1 aliphatic rings. The summed E-state index contributed by atoms with van der Waals surface area (Å²) in [6.45, 7) is 6.78. The fourth-order valence-corrected chi connectivity index (χ4v) is 5.26. The molecule has 1 fully saturated rings. The molecule has 234 valence electrons. The summed E-state index contributed by atoms with van der Waals surface area (Å²) < 4.78 is 17.0. The number of carboxylic acids is 1. The largest absolute Gasteiger partial charge is 0.508 e. The van der Waals surface area contributed by atoms with Gasteiger partial charge in [-0.25, -0.2) is 4.79 Å². The molecule has 2 aromatic carbocycles. The van der Waals surface area contributed by atoms with Crippen molar-refractivity contribution in [2.24, 2.45) is 11.8 Å². The van der Waals surface area contributed by atoms with Crippen molar-refractivity contribution < 1.29 is 44.2 Å². The van der Waals surface area contributed by atoms with Gasteiger partial charge in [-0.2, -0.15) is 0 Å². The number of aromatic hydroxyl groups is 1. The van der Waals surface area contributed by atoms with E-state index in [4.69, 9.17) is 13.9 Å². The molecular formula is C32H41NO10. The average molecular weight is 600 g/mol. The smallest absolute Gasteiger partial charge is 0.335 e. The Hall–Kier alpha value is -3.48. The Kier molecular flexibility index (Phi) is 10.5. The first-order valence-electron chi connectivity index (χ1n) is 14.6. The first-order valence-corrected chi connectivity index (χ1v) is 14.6. The van der Waals surface area contributed by atoms with E-state index >= 15 is 0 Å². The van der Waals surface area contributed by atoms with Crippen molar-refractivity contribution in [3.63, 3.8) is 0 Å². The number of rotatable bonds is 13. The molecule has 0 amide bonds. The minimum atomic E-state index is -2.22. The van der Waals surface area contributed by atoms with Gasteiger partial charge in [0.2, 0.25) is 6.29 Å². The van der Waals surface area contributed by atoms with Gasteiger partial charge in [0.05, 0.1) is 10.9 Å². The second-order valence-corrected chi connectivity index (χ2v) is 11.9. The summed E-state index contributed by atoms with van der Waals surface area (Å²) in [5, 5.41) is 55.3. The number of carboxylic acid groups (broad SMARTS) is 1. The Balaban J connectivity index is 1.51. The summed E-state index contributed by atoms with van der Waals surface area (Å²) in [6.07, 6.45) is -1.93. The Labute approximate surface area is 249 Å². The number of fused-ring (bicyclic) bond motifs is 1. The third-order valence-electron chi connectivity index (χ3n) is 7.94. The van der Waals surface area contributed by atoms with E-state index in [1.807, 2.05) is 0 Å². The van der Waals surface area contributed by atoms with Gasteiger partial charge in [0.15, 0.2) is 17.1 Å². The van der Waals surface area contributed by atoms with E-state index < -0.39 is 36.2 Å². The Morgan fingerprint density at radius 2 is 1.79 bits per heavy atom. The van der Waals surface area contributed by atoms with Gasteiger partial charge in [0, 0.05) is 12.6 Å². The van der Waals surface area contributed by atoms with Crippen LogP contribution in [0.1, 0.15) is 46.5 Å². The second-order valence-electron chi connectivity index (χ2n) is 11.9. The third kappa shape index (κ3) is 7.54. The third-order valence-corrected chi connectivity index (χ3v) is 7.94. The van der Waals surface area contributed by atoms with Gasteiger partial charge in [0.1, 0.15) is 35.6 Å². The zero-order valence-electron chi connectivity index (χ0n) is 24.6. The van der Waals surface area contributed by atoms with Crippen LogP contribution in [0.15, 0.2) is 57.9 Å². The van der Waals surface area contributed by atoms with E-state index in [1.54, 1.807) is 12.1 Å². The fourth-order valence-electron chi connectivity index (χ4n) is 5.26.